The lowest BCUT2D eigenvalue weighted by molar-refractivity contribution is -0.111. The van der Waals surface area contributed by atoms with Crippen LogP contribution in [0.25, 0.3) is 0 Å². The van der Waals surface area contributed by atoms with Crippen molar-refractivity contribution in [3.05, 3.63) is 81.2 Å². The van der Waals surface area contributed by atoms with Gasteiger partial charge < -0.3 is 9.80 Å². The zero-order chi connectivity index (χ0) is 28.9. The molecule has 0 spiro atoms. The number of rotatable bonds is 18. The summed E-state index contributed by atoms with van der Waals surface area (Å²) in [6.07, 6.45) is 0.577. The Morgan fingerprint density at radius 3 is 2.23 bits per heavy atom. The van der Waals surface area contributed by atoms with E-state index >= 15 is 0 Å². The van der Waals surface area contributed by atoms with E-state index in [1.54, 1.807) is 30.0 Å². The van der Waals surface area contributed by atoms with Crippen molar-refractivity contribution in [3.63, 3.8) is 0 Å². The van der Waals surface area contributed by atoms with Crippen LogP contribution >= 0.6 is 23.1 Å². The standard InChI is InChI=1S/C32H48N4OS2/c1-10-32(27(8)37)33-36(28(9)39-23-30-19-26(7)38-22-30)20-25(6)35(18-17-34(11-2)12-3)21-29-13-15-31(16-14-29)24(4)5/h13-16,19,22,24H,6,9-12,17-18,20-21,23H2,1-5,7-8H3/b33-32-. The molecule has 2 aromatic rings. The fourth-order valence-corrected chi connectivity index (χ4v) is 5.75. The molecule has 2 rings (SSSR count). The maximum absolute atomic E-state index is 12.3. The molecule has 1 heterocycles. The van der Waals surface area contributed by atoms with Crippen LogP contribution < -0.4 is 0 Å². The largest absolute Gasteiger partial charge is 0.368 e. The number of carbonyl (C=O) groups is 1. The molecule has 39 heavy (non-hydrogen) atoms. The van der Waals surface area contributed by atoms with Gasteiger partial charge in [0, 0.05) is 42.9 Å². The van der Waals surface area contributed by atoms with Crippen LogP contribution in [0.5, 0.6) is 0 Å². The Hall–Kier alpha value is -2.35. The Kier molecular flexibility index (Phi) is 14.1. The number of hydrogen-bond acceptors (Lipinski definition) is 7. The zero-order valence-electron chi connectivity index (χ0n) is 25.1. The molecule has 1 aromatic carbocycles. The van der Waals surface area contributed by atoms with E-state index in [1.807, 2.05) is 11.9 Å². The summed E-state index contributed by atoms with van der Waals surface area (Å²) in [6.45, 7) is 28.5. The first-order valence-electron chi connectivity index (χ1n) is 14.0. The molecule has 0 bridgehead atoms. The molecule has 0 aliphatic heterocycles. The second-order valence-corrected chi connectivity index (χ2v) is 12.3. The van der Waals surface area contributed by atoms with Crippen molar-refractivity contribution in [3.8, 4) is 0 Å². The Morgan fingerprint density at radius 1 is 1.05 bits per heavy atom. The summed E-state index contributed by atoms with van der Waals surface area (Å²) in [4.78, 5) is 18.3. The van der Waals surface area contributed by atoms with E-state index < -0.39 is 0 Å². The van der Waals surface area contributed by atoms with Gasteiger partial charge in [-0.15, -0.1) is 23.1 Å². The smallest absolute Gasteiger partial charge is 0.175 e. The van der Waals surface area contributed by atoms with E-state index in [0.29, 0.717) is 24.6 Å². The highest BCUT2D eigenvalue weighted by Crippen LogP contribution is 2.27. The lowest BCUT2D eigenvalue weighted by Gasteiger charge is -2.32. The average Bonchev–Trinajstić information content (AvgIpc) is 3.34. The molecular weight excluding hydrogens is 521 g/mol. The normalized spacial score (nSPS) is 11.8. The van der Waals surface area contributed by atoms with E-state index in [1.165, 1.54) is 21.6 Å². The number of Topliss-reactive ketones (excluding diaryl/α,β-unsaturated/α-hetero) is 1. The lowest BCUT2D eigenvalue weighted by atomic mass is 10.0. The summed E-state index contributed by atoms with van der Waals surface area (Å²) in [6, 6.07) is 11.1. The summed E-state index contributed by atoms with van der Waals surface area (Å²) in [7, 11) is 0. The van der Waals surface area contributed by atoms with Crippen LogP contribution in [0.3, 0.4) is 0 Å². The van der Waals surface area contributed by atoms with Crippen LogP contribution in [-0.2, 0) is 17.1 Å². The predicted octanol–water partition coefficient (Wildman–Crippen LogP) is 7.90. The van der Waals surface area contributed by atoms with Crippen LogP contribution in [-0.4, -0.2) is 59.0 Å². The molecular formula is C32H48N4OS2. The number of thioether (sulfide) groups is 1. The predicted molar refractivity (Wildman–Crippen MR) is 172 cm³/mol. The number of ketones is 1. The maximum atomic E-state index is 12.3. The molecule has 0 aliphatic carbocycles. The van der Waals surface area contributed by atoms with E-state index in [-0.39, 0.29) is 5.78 Å². The topological polar surface area (TPSA) is 39.2 Å². The molecule has 0 atom stereocenters. The molecule has 0 amide bonds. The van der Waals surface area contributed by atoms with Crippen molar-refractivity contribution in [1.82, 2.24) is 14.8 Å². The van der Waals surface area contributed by atoms with Crippen molar-refractivity contribution < 1.29 is 4.79 Å². The molecule has 1 aromatic heterocycles. The Labute approximate surface area is 245 Å². The first-order chi connectivity index (χ1) is 18.6. The highest BCUT2D eigenvalue weighted by molar-refractivity contribution is 8.02. The van der Waals surface area contributed by atoms with E-state index in [9.17, 15) is 4.79 Å². The van der Waals surface area contributed by atoms with E-state index in [2.05, 4.69) is 93.3 Å². The zero-order valence-corrected chi connectivity index (χ0v) is 26.8. The quantitative estimate of drug-likeness (QED) is 0.135. The van der Waals surface area contributed by atoms with Gasteiger partial charge in [0.25, 0.3) is 0 Å². The van der Waals surface area contributed by atoms with Gasteiger partial charge in [0.05, 0.1) is 11.6 Å². The second-order valence-electron chi connectivity index (χ2n) is 10.2. The highest BCUT2D eigenvalue weighted by atomic mass is 32.2. The van der Waals surface area contributed by atoms with Gasteiger partial charge in [0.2, 0.25) is 0 Å². The number of benzene rings is 1. The van der Waals surface area contributed by atoms with Crippen molar-refractivity contribution >= 4 is 34.6 Å². The van der Waals surface area contributed by atoms with E-state index in [4.69, 9.17) is 5.10 Å². The minimum atomic E-state index is -0.0111. The minimum Gasteiger partial charge on any atom is -0.368 e. The summed E-state index contributed by atoms with van der Waals surface area (Å²) in [5, 5.41) is 9.66. The third-order valence-electron chi connectivity index (χ3n) is 6.84. The molecule has 0 radical (unpaired) electrons. The van der Waals surface area contributed by atoms with Crippen LogP contribution in [0.1, 0.15) is 75.4 Å². The monoisotopic (exact) mass is 568 g/mol. The summed E-state index contributed by atoms with van der Waals surface area (Å²) < 4.78 is 0. The molecule has 0 aliphatic rings. The number of thiophene rings is 1. The molecule has 0 saturated carbocycles. The molecule has 0 unspecified atom stereocenters. The molecule has 5 nitrogen and oxygen atoms in total. The summed E-state index contributed by atoms with van der Waals surface area (Å²) >= 11 is 3.41. The van der Waals surface area contributed by atoms with Crippen LogP contribution in [0, 0.1) is 6.92 Å². The molecule has 0 N–H and O–H groups in total. The third-order valence-corrected chi connectivity index (χ3v) is 8.77. The average molecular weight is 569 g/mol. The van der Waals surface area contributed by atoms with Gasteiger partial charge in [-0.2, -0.15) is 5.10 Å². The van der Waals surface area contributed by atoms with Crippen molar-refractivity contribution in [2.75, 3.05) is 32.7 Å². The van der Waals surface area contributed by atoms with Gasteiger partial charge in [-0.1, -0.05) is 72.0 Å². The Balaban J connectivity index is 2.27. The van der Waals surface area contributed by atoms with E-state index in [0.717, 1.165) is 49.2 Å². The van der Waals surface area contributed by atoms with Crippen molar-refractivity contribution in [2.24, 2.45) is 5.10 Å². The summed E-state index contributed by atoms with van der Waals surface area (Å²) in [5.74, 6) is 1.31. The first-order valence-corrected chi connectivity index (χ1v) is 15.9. The van der Waals surface area contributed by atoms with Crippen LogP contribution in [0.4, 0.5) is 0 Å². The number of likely N-dealkylation sites (N-methyl/N-ethyl adjacent to an activating group) is 1. The van der Waals surface area contributed by atoms with Crippen LogP contribution in [0.2, 0.25) is 0 Å². The number of nitrogens with zero attached hydrogens (tertiary/aromatic N) is 4. The fourth-order valence-electron chi connectivity index (χ4n) is 4.18. The first kappa shape index (κ1) is 32.9. The molecule has 0 saturated heterocycles. The Bertz CT molecular complexity index is 1100. The molecule has 0 fully saturated rings. The van der Waals surface area contributed by atoms with Gasteiger partial charge in [-0.3, -0.25) is 9.80 Å². The van der Waals surface area contributed by atoms with Crippen molar-refractivity contribution in [2.45, 2.75) is 73.1 Å². The van der Waals surface area contributed by atoms with Gasteiger partial charge in [0.15, 0.2) is 5.78 Å². The van der Waals surface area contributed by atoms with Crippen LogP contribution in [0.15, 0.2) is 64.7 Å². The number of aryl methyl sites for hydroxylation is 1. The van der Waals surface area contributed by atoms with Gasteiger partial charge in [-0.05, 0) is 60.5 Å². The van der Waals surface area contributed by atoms with Gasteiger partial charge in [0.1, 0.15) is 5.71 Å². The number of hydrogen-bond donors (Lipinski definition) is 0. The third kappa shape index (κ3) is 11.0. The fraction of sp³-hybridized carbons (Fsp3) is 0.500. The molecule has 214 valence electrons. The van der Waals surface area contributed by atoms with Gasteiger partial charge >= 0.3 is 0 Å². The highest BCUT2D eigenvalue weighted by Gasteiger charge is 2.18. The second kappa shape index (κ2) is 16.7. The van der Waals surface area contributed by atoms with Gasteiger partial charge in [-0.25, -0.2) is 0 Å². The number of hydrazone groups is 1. The number of carbonyl (C=O) groups excluding carboxylic acids is 1. The van der Waals surface area contributed by atoms with Crippen molar-refractivity contribution in [1.29, 1.82) is 0 Å². The minimum absolute atomic E-state index is 0.0111. The molecule has 7 heteroatoms. The maximum Gasteiger partial charge on any atom is 0.175 e. The lowest BCUT2D eigenvalue weighted by Crippen LogP contribution is -2.37. The SMILES string of the molecule is C=C(CN(/N=C(/CC)C(C)=O)C(=C)SCc1csc(C)c1)N(CCN(CC)CC)Cc1ccc(C(C)C)cc1. The summed E-state index contributed by atoms with van der Waals surface area (Å²) in [5.41, 5.74) is 5.40. The Morgan fingerprint density at radius 2 is 1.72 bits per heavy atom.